The van der Waals surface area contributed by atoms with Crippen LogP contribution in [0, 0.1) is 41.5 Å². The average molecular weight is 911 g/mol. The van der Waals surface area contributed by atoms with Crippen molar-refractivity contribution in [2.24, 2.45) is 0 Å². The Labute approximate surface area is 403 Å². The molecule has 1 heterocycles. The first-order valence-electron chi connectivity index (χ1n) is 23.5. The van der Waals surface area contributed by atoms with Crippen molar-refractivity contribution in [3.8, 4) is 0 Å². The molecule has 0 aliphatic rings. The second-order valence-electron chi connectivity index (χ2n) is 17.9. The van der Waals surface area contributed by atoms with E-state index < -0.39 is 17.4 Å². The Bertz CT molecular complexity index is 2720. The van der Waals surface area contributed by atoms with Crippen molar-refractivity contribution in [2.45, 2.75) is 78.3 Å². The number of hydrogen-bond acceptors (Lipinski definition) is 7. The van der Waals surface area contributed by atoms with E-state index in [9.17, 15) is 0 Å². The number of rotatable bonds is 21. The van der Waals surface area contributed by atoms with Gasteiger partial charge in [-0.1, -0.05) is 132 Å². The lowest BCUT2D eigenvalue weighted by Gasteiger charge is -2.53. The SMILES string of the molecule is COC(CNC(C(=O)N(CCc1ccc(C)cc1)c1ccc(C)c(C)c1)(c1ccccc1)C(NCc1ccco1)(C(=O)N(CCc1ccc(C)cc1)c1ccc(C)c(C)c1)c1ccccc1)OC. The van der Waals surface area contributed by atoms with Gasteiger partial charge in [0.2, 0.25) is 0 Å². The highest BCUT2D eigenvalue weighted by atomic mass is 16.7. The molecular formula is C59H66N4O5. The van der Waals surface area contributed by atoms with E-state index in [1.54, 1.807) is 20.5 Å². The summed E-state index contributed by atoms with van der Waals surface area (Å²) < 4.78 is 17.8. The summed E-state index contributed by atoms with van der Waals surface area (Å²) in [5.41, 5.74) is 7.38. The number of anilines is 2. The Morgan fingerprint density at radius 3 is 1.37 bits per heavy atom. The van der Waals surface area contributed by atoms with Crippen LogP contribution in [0.3, 0.4) is 0 Å². The number of ether oxygens (including phenoxy) is 2. The lowest BCUT2D eigenvalue weighted by molar-refractivity contribution is -0.144. The standard InChI is InChI=1S/C59H66N4O5/c1-42-21-27-48(28-22-42)33-35-62(52-31-25-44(3)46(5)38-52)56(64)58(50-16-11-9-12-17-50,60-40-54-20-15-37-68-54)59(51-18-13-10-14-19-51,61-41-55(66-7)67-8)57(65)63(53-32-26-45(4)47(6)39-53)36-34-49-29-23-43(2)24-30-49/h9-32,37-39,55,60-61H,33-36,40-41H2,1-8H3. The summed E-state index contributed by atoms with van der Waals surface area (Å²) >= 11 is 0. The van der Waals surface area contributed by atoms with Gasteiger partial charge < -0.3 is 23.7 Å². The lowest BCUT2D eigenvalue weighted by Crippen LogP contribution is -2.76. The molecule has 0 radical (unpaired) electrons. The van der Waals surface area contributed by atoms with Crippen LogP contribution in [-0.4, -0.2) is 52.0 Å². The van der Waals surface area contributed by atoms with Gasteiger partial charge in [-0.3, -0.25) is 20.2 Å². The number of hydrogen-bond donors (Lipinski definition) is 2. The molecule has 0 bridgehead atoms. The fourth-order valence-electron chi connectivity index (χ4n) is 9.01. The molecule has 0 fully saturated rings. The zero-order valence-electron chi connectivity index (χ0n) is 40.8. The third-order valence-electron chi connectivity index (χ3n) is 13.4. The number of nitrogens with zero attached hydrogens (tertiary/aromatic N) is 2. The smallest absolute Gasteiger partial charge is 0.254 e. The third kappa shape index (κ3) is 10.7. The highest BCUT2D eigenvalue weighted by molar-refractivity contribution is 6.11. The molecule has 2 atom stereocenters. The van der Waals surface area contributed by atoms with Crippen LogP contribution in [-0.2, 0) is 49.5 Å². The maximum absolute atomic E-state index is 17.3. The van der Waals surface area contributed by atoms with Gasteiger partial charge in [-0.2, -0.15) is 0 Å². The minimum Gasteiger partial charge on any atom is -0.468 e. The fourth-order valence-corrected chi connectivity index (χ4v) is 9.01. The summed E-state index contributed by atoms with van der Waals surface area (Å²) in [6.45, 7) is 13.1. The molecule has 7 aromatic rings. The summed E-state index contributed by atoms with van der Waals surface area (Å²) in [5, 5.41) is 7.65. The molecule has 0 spiro atoms. The van der Waals surface area contributed by atoms with Gasteiger partial charge in [-0.25, -0.2) is 0 Å². The normalized spacial score (nSPS) is 13.2. The quantitative estimate of drug-likeness (QED) is 0.0693. The summed E-state index contributed by atoms with van der Waals surface area (Å²) in [6, 6.07) is 52.1. The summed E-state index contributed by atoms with van der Waals surface area (Å²) in [7, 11) is 3.14. The molecule has 7 rings (SSSR count). The molecule has 352 valence electrons. The minimum absolute atomic E-state index is 0.0175. The Kier molecular flexibility index (Phi) is 16.3. The fraction of sp³-hybridized carbons (Fsp3) is 0.288. The number of carbonyl (C=O) groups is 2. The van der Waals surface area contributed by atoms with Crippen LogP contribution in [0.1, 0.15) is 61.4 Å². The van der Waals surface area contributed by atoms with Gasteiger partial charge in [-0.15, -0.1) is 0 Å². The van der Waals surface area contributed by atoms with Gasteiger partial charge in [0.15, 0.2) is 17.4 Å². The van der Waals surface area contributed by atoms with Crippen LogP contribution in [0.25, 0.3) is 0 Å². The maximum atomic E-state index is 17.3. The van der Waals surface area contributed by atoms with E-state index in [1.165, 1.54) is 0 Å². The molecule has 9 heteroatoms. The molecule has 68 heavy (non-hydrogen) atoms. The molecule has 1 aromatic heterocycles. The molecular weight excluding hydrogens is 845 g/mol. The molecule has 6 aromatic carbocycles. The minimum atomic E-state index is -1.94. The van der Waals surface area contributed by atoms with Crippen LogP contribution in [0.4, 0.5) is 11.4 Å². The molecule has 2 amide bonds. The third-order valence-corrected chi connectivity index (χ3v) is 13.4. The molecule has 0 saturated carbocycles. The van der Waals surface area contributed by atoms with Gasteiger partial charge in [0.1, 0.15) is 5.76 Å². The monoisotopic (exact) mass is 911 g/mol. The number of methoxy groups -OCH3 is 2. The van der Waals surface area contributed by atoms with Crippen molar-refractivity contribution in [1.82, 2.24) is 10.6 Å². The predicted molar refractivity (Wildman–Crippen MR) is 274 cm³/mol. The Morgan fingerprint density at radius 2 is 0.971 bits per heavy atom. The Balaban J connectivity index is 1.59. The second kappa shape index (κ2) is 22.5. The lowest BCUT2D eigenvalue weighted by atomic mass is 9.65. The van der Waals surface area contributed by atoms with Gasteiger partial charge in [0.25, 0.3) is 11.8 Å². The van der Waals surface area contributed by atoms with E-state index in [0.717, 1.165) is 44.5 Å². The van der Waals surface area contributed by atoms with Crippen molar-refractivity contribution >= 4 is 23.2 Å². The summed E-state index contributed by atoms with van der Waals surface area (Å²) in [5.74, 6) is -0.116. The van der Waals surface area contributed by atoms with E-state index in [2.05, 4.69) is 125 Å². The van der Waals surface area contributed by atoms with Crippen LogP contribution >= 0.6 is 0 Å². The first-order chi connectivity index (χ1) is 32.9. The van der Waals surface area contributed by atoms with Crippen molar-refractivity contribution in [2.75, 3.05) is 43.7 Å². The highest BCUT2D eigenvalue weighted by Gasteiger charge is 2.65. The first-order valence-corrected chi connectivity index (χ1v) is 23.5. The first kappa shape index (κ1) is 49.3. The number of benzene rings is 6. The van der Waals surface area contributed by atoms with Gasteiger partial charge >= 0.3 is 0 Å². The maximum Gasteiger partial charge on any atom is 0.254 e. The molecule has 0 saturated heterocycles. The number of amides is 2. The molecule has 0 aliphatic heterocycles. The molecule has 2 unspecified atom stereocenters. The summed E-state index contributed by atoms with van der Waals surface area (Å²) in [4.78, 5) is 38.4. The van der Waals surface area contributed by atoms with E-state index in [-0.39, 0.29) is 24.9 Å². The van der Waals surface area contributed by atoms with Gasteiger partial charge in [-0.05, 0) is 135 Å². The van der Waals surface area contributed by atoms with Crippen LogP contribution in [0.5, 0.6) is 0 Å². The Morgan fingerprint density at radius 1 is 0.529 bits per heavy atom. The van der Waals surface area contributed by atoms with Gasteiger partial charge in [0, 0.05) is 45.2 Å². The summed E-state index contributed by atoms with van der Waals surface area (Å²) in [6.07, 6.45) is 1.90. The van der Waals surface area contributed by atoms with E-state index >= 15 is 9.59 Å². The highest BCUT2D eigenvalue weighted by Crippen LogP contribution is 2.46. The van der Waals surface area contributed by atoms with E-state index in [1.807, 2.05) is 94.7 Å². The number of furan rings is 1. The zero-order valence-corrected chi connectivity index (χ0v) is 40.8. The molecule has 2 N–H and O–H groups in total. The average Bonchev–Trinajstić information content (AvgIpc) is 3.89. The van der Waals surface area contributed by atoms with E-state index in [0.29, 0.717) is 54.2 Å². The van der Waals surface area contributed by atoms with Crippen molar-refractivity contribution in [1.29, 1.82) is 0 Å². The topological polar surface area (TPSA) is 96.3 Å². The molecule has 9 nitrogen and oxygen atoms in total. The largest absolute Gasteiger partial charge is 0.468 e. The van der Waals surface area contributed by atoms with Crippen molar-refractivity contribution in [3.05, 3.63) is 225 Å². The zero-order chi connectivity index (χ0) is 48.3. The van der Waals surface area contributed by atoms with Crippen molar-refractivity contribution < 1.29 is 23.5 Å². The predicted octanol–water partition coefficient (Wildman–Crippen LogP) is 10.8. The molecule has 0 aliphatic carbocycles. The van der Waals surface area contributed by atoms with Crippen molar-refractivity contribution in [3.63, 3.8) is 0 Å². The van der Waals surface area contributed by atoms with Crippen LogP contribution in [0.15, 0.2) is 168 Å². The Hall–Kier alpha value is -6.62. The number of nitrogens with one attached hydrogen (secondary N) is 2. The number of carbonyl (C=O) groups excluding carboxylic acids is 2. The number of aryl methyl sites for hydroxylation is 6. The van der Waals surface area contributed by atoms with Gasteiger partial charge in [0.05, 0.1) is 12.8 Å². The van der Waals surface area contributed by atoms with E-state index in [4.69, 9.17) is 13.9 Å². The second-order valence-corrected chi connectivity index (χ2v) is 17.9. The van der Waals surface area contributed by atoms with Crippen LogP contribution < -0.4 is 20.4 Å². The van der Waals surface area contributed by atoms with Crippen LogP contribution in [0.2, 0.25) is 0 Å².